The zero-order chi connectivity index (χ0) is 21.5. The van der Waals surface area contributed by atoms with E-state index in [1.54, 1.807) is 18.2 Å². The van der Waals surface area contributed by atoms with Crippen molar-refractivity contribution in [2.24, 2.45) is 0 Å². The summed E-state index contributed by atoms with van der Waals surface area (Å²) in [5.74, 6) is 0.149. The fraction of sp³-hybridized carbons (Fsp3) is 0.391. The maximum Gasteiger partial charge on any atom is 0.196 e. The van der Waals surface area contributed by atoms with Gasteiger partial charge >= 0.3 is 0 Å². The number of carbonyl (C=O) groups excluding carboxylic acids is 2. The third-order valence-electron chi connectivity index (χ3n) is 4.91. The molecule has 0 fully saturated rings. The topological polar surface area (TPSA) is 85.9 Å². The number of methoxy groups -OCH3 is 1. The van der Waals surface area contributed by atoms with Crippen molar-refractivity contribution < 1.29 is 23.8 Å². The first-order valence-electron chi connectivity index (χ1n) is 10.2. The third kappa shape index (κ3) is 4.47. The molecule has 7 heteroatoms. The normalized spacial score (nSPS) is 12.4. The van der Waals surface area contributed by atoms with Crippen molar-refractivity contribution in [2.45, 2.75) is 13.8 Å². The fourth-order valence-corrected chi connectivity index (χ4v) is 3.48. The summed E-state index contributed by atoms with van der Waals surface area (Å²) in [7, 11) is 1.53. The predicted molar refractivity (Wildman–Crippen MR) is 116 cm³/mol. The number of rotatable bonds is 11. The van der Waals surface area contributed by atoms with E-state index in [1.807, 2.05) is 26.0 Å². The summed E-state index contributed by atoms with van der Waals surface area (Å²) in [5.41, 5.74) is 2.74. The third-order valence-corrected chi connectivity index (χ3v) is 4.91. The van der Waals surface area contributed by atoms with Crippen molar-refractivity contribution in [3.05, 3.63) is 52.6 Å². The molecule has 2 N–H and O–H groups in total. The van der Waals surface area contributed by atoms with Crippen LogP contribution in [0.4, 0.5) is 11.4 Å². The summed E-state index contributed by atoms with van der Waals surface area (Å²) in [6, 6.07) is 8.62. The van der Waals surface area contributed by atoms with Crippen LogP contribution in [0.5, 0.6) is 5.75 Å². The summed E-state index contributed by atoms with van der Waals surface area (Å²) >= 11 is 0. The Morgan fingerprint density at radius 3 is 1.80 bits per heavy atom. The fourth-order valence-electron chi connectivity index (χ4n) is 3.48. The van der Waals surface area contributed by atoms with Crippen molar-refractivity contribution in [3.63, 3.8) is 0 Å². The van der Waals surface area contributed by atoms with E-state index >= 15 is 0 Å². The molecule has 3 rings (SSSR count). The molecule has 0 saturated carbocycles. The van der Waals surface area contributed by atoms with Crippen molar-refractivity contribution in [1.82, 2.24) is 0 Å². The molecule has 0 heterocycles. The monoisotopic (exact) mass is 412 g/mol. The average molecular weight is 412 g/mol. The van der Waals surface area contributed by atoms with Gasteiger partial charge in [0.2, 0.25) is 0 Å². The number of nitrogens with one attached hydrogen (secondary N) is 2. The van der Waals surface area contributed by atoms with Crippen LogP contribution in [0.2, 0.25) is 0 Å². The lowest BCUT2D eigenvalue weighted by molar-refractivity contribution is 0.0980. The van der Waals surface area contributed by atoms with Gasteiger partial charge < -0.3 is 24.8 Å². The molecule has 0 aromatic heterocycles. The maximum absolute atomic E-state index is 13.4. The van der Waals surface area contributed by atoms with Gasteiger partial charge in [0.15, 0.2) is 11.6 Å². The van der Waals surface area contributed by atoms with Crippen LogP contribution in [0.1, 0.15) is 45.7 Å². The van der Waals surface area contributed by atoms with Crippen LogP contribution in [-0.2, 0) is 9.47 Å². The molecular formula is C23H28N2O5. The smallest absolute Gasteiger partial charge is 0.196 e. The van der Waals surface area contributed by atoms with Crippen LogP contribution in [-0.4, -0.2) is 58.2 Å². The highest BCUT2D eigenvalue weighted by Gasteiger charge is 2.34. The molecule has 0 bridgehead atoms. The molecule has 30 heavy (non-hydrogen) atoms. The standard InChI is InChI=1S/C23H28N2O5/c1-4-29-12-10-24-18-8-9-19(25-11-13-30-5-2)21-20(18)22(26)16-7-6-15(28-3)14-17(16)23(21)27/h6-9,14,24-25H,4-5,10-13H2,1-3H3. The second kappa shape index (κ2) is 10.2. The molecule has 0 unspecified atom stereocenters. The highest BCUT2D eigenvalue weighted by atomic mass is 16.5. The quantitative estimate of drug-likeness (QED) is 0.467. The largest absolute Gasteiger partial charge is 0.497 e. The van der Waals surface area contributed by atoms with E-state index in [9.17, 15) is 9.59 Å². The van der Waals surface area contributed by atoms with Crippen molar-refractivity contribution >= 4 is 22.9 Å². The SMILES string of the molecule is CCOCCNc1ccc(NCCOCC)c2c1C(=O)c1ccc(OC)cc1C2=O. The van der Waals surface area contributed by atoms with E-state index in [0.29, 0.717) is 78.9 Å². The van der Waals surface area contributed by atoms with Crippen LogP contribution in [0.25, 0.3) is 0 Å². The van der Waals surface area contributed by atoms with Gasteiger partial charge in [0.25, 0.3) is 0 Å². The molecule has 2 aromatic carbocycles. The molecule has 0 radical (unpaired) electrons. The van der Waals surface area contributed by atoms with Crippen molar-refractivity contribution in [2.75, 3.05) is 57.3 Å². The number of fused-ring (bicyclic) bond motifs is 2. The molecule has 1 aliphatic rings. The van der Waals surface area contributed by atoms with Gasteiger partial charge in [0.1, 0.15) is 5.75 Å². The number of anilines is 2. The number of carbonyl (C=O) groups is 2. The first-order chi connectivity index (χ1) is 14.6. The number of hydrogen-bond donors (Lipinski definition) is 2. The van der Waals surface area contributed by atoms with E-state index in [0.717, 1.165) is 0 Å². The van der Waals surface area contributed by atoms with Crippen molar-refractivity contribution in [3.8, 4) is 5.75 Å². The Balaban J connectivity index is 2.01. The first kappa shape index (κ1) is 21.8. The van der Waals surface area contributed by atoms with Crippen LogP contribution in [0.3, 0.4) is 0 Å². The van der Waals surface area contributed by atoms with Gasteiger partial charge in [-0.1, -0.05) is 0 Å². The average Bonchev–Trinajstić information content (AvgIpc) is 2.77. The molecule has 0 amide bonds. The Bertz CT molecular complexity index is 926. The Morgan fingerprint density at radius 2 is 1.30 bits per heavy atom. The van der Waals surface area contributed by atoms with Gasteiger partial charge in [0.05, 0.1) is 31.5 Å². The molecule has 0 atom stereocenters. The van der Waals surface area contributed by atoms with Crippen LogP contribution in [0.15, 0.2) is 30.3 Å². The summed E-state index contributed by atoms with van der Waals surface area (Å²) in [6.07, 6.45) is 0. The predicted octanol–water partition coefficient (Wildman–Crippen LogP) is 3.37. The first-order valence-corrected chi connectivity index (χ1v) is 10.2. The van der Waals surface area contributed by atoms with Gasteiger partial charge in [-0.05, 0) is 44.2 Å². The Labute approximate surface area is 176 Å². The van der Waals surface area contributed by atoms with Crippen LogP contribution >= 0.6 is 0 Å². The second-order valence-electron chi connectivity index (χ2n) is 6.73. The lowest BCUT2D eigenvalue weighted by Gasteiger charge is -2.24. The molecule has 2 aromatic rings. The van der Waals surface area contributed by atoms with E-state index in [-0.39, 0.29) is 11.6 Å². The van der Waals surface area contributed by atoms with Gasteiger partial charge in [-0.25, -0.2) is 0 Å². The Morgan fingerprint density at radius 1 is 0.767 bits per heavy atom. The summed E-state index contributed by atoms with van der Waals surface area (Å²) in [4.78, 5) is 26.8. The minimum absolute atomic E-state index is 0.186. The summed E-state index contributed by atoms with van der Waals surface area (Å²) < 4.78 is 16.0. The summed E-state index contributed by atoms with van der Waals surface area (Å²) in [5, 5.41) is 6.48. The molecular weight excluding hydrogens is 384 g/mol. The molecule has 160 valence electrons. The van der Waals surface area contributed by atoms with Gasteiger partial charge in [0, 0.05) is 48.8 Å². The van der Waals surface area contributed by atoms with E-state index < -0.39 is 0 Å². The zero-order valence-electron chi connectivity index (χ0n) is 17.7. The second-order valence-corrected chi connectivity index (χ2v) is 6.73. The minimum atomic E-state index is -0.203. The lowest BCUT2D eigenvalue weighted by Crippen LogP contribution is -2.25. The minimum Gasteiger partial charge on any atom is -0.497 e. The zero-order valence-corrected chi connectivity index (χ0v) is 17.7. The lowest BCUT2D eigenvalue weighted by atomic mass is 9.82. The molecule has 0 spiro atoms. The van der Waals surface area contributed by atoms with E-state index in [4.69, 9.17) is 14.2 Å². The molecule has 0 aliphatic heterocycles. The molecule has 1 aliphatic carbocycles. The van der Waals surface area contributed by atoms with E-state index in [1.165, 1.54) is 7.11 Å². The number of ether oxygens (including phenoxy) is 3. The Hall–Kier alpha value is -2.90. The molecule has 0 saturated heterocycles. The Kier molecular flexibility index (Phi) is 7.43. The van der Waals surface area contributed by atoms with Crippen LogP contribution in [0, 0.1) is 0 Å². The number of ketones is 2. The van der Waals surface area contributed by atoms with Gasteiger partial charge in [-0.3, -0.25) is 9.59 Å². The highest BCUT2D eigenvalue weighted by Crippen LogP contribution is 2.37. The number of benzene rings is 2. The number of hydrogen-bond acceptors (Lipinski definition) is 7. The molecule has 7 nitrogen and oxygen atoms in total. The summed E-state index contributed by atoms with van der Waals surface area (Å²) in [6.45, 7) is 7.18. The van der Waals surface area contributed by atoms with E-state index in [2.05, 4.69) is 10.6 Å². The highest BCUT2D eigenvalue weighted by molar-refractivity contribution is 6.32. The van der Waals surface area contributed by atoms with Crippen LogP contribution < -0.4 is 15.4 Å². The van der Waals surface area contributed by atoms with Gasteiger partial charge in [-0.15, -0.1) is 0 Å². The van der Waals surface area contributed by atoms with Crippen molar-refractivity contribution in [1.29, 1.82) is 0 Å². The van der Waals surface area contributed by atoms with Gasteiger partial charge in [-0.2, -0.15) is 0 Å². The maximum atomic E-state index is 13.4.